The second-order valence-electron chi connectivity index (χ2n) is 6.57. The third kappa shape index (κ3) is 7.10. The van der Waals surface area contributed by atoms with Crippen LogP contribution in [-0.2, 0) is 11.3 Å². The maximum absolute atomic E-state index is 12.7. The van der Waals surface area contributed by atoms with Crippen molar-refractivity contribution in [3.8, 4) is 0 Å². The number of carbonyl (C=O) groups excluding carboxylic acids is 2. The zero-order valence-electron chi connectivity index (χ0n) is 16.5. The summed E-state index contributed by atoms with van der Waals surface area (Å²) in [7, 11) is 3.81. The molecule has 9 heteroatoms. The number of amides is 2. The highest BCUT2D eigenvalue weighted by atomic mass is 35.5. The predicted molar refractivity (Wildman–Crippen MR) is 121 cm³/mol. The highest BCUT2D eigenvalue weighted by Crippen LogP contribution is 2.21. The number of pyridine rings is 1. The number of hydrogen-bond acceptors (Lipinski definition) is 5. The van der Waals surface area contributed by atoms with Crippen LogP contribution in [0.4, 0.5) is 5.82 Å². The summed E-state index contributed by atoms with van der Waals surface area (Å²) < 4.78 is 0. The van der Waals surface area contributed by atoms with Gasteiger partial charge < -0.3 is 15.5 Å². The van der Waals surface area contributed by atoms with Crippen LogP contribution in [0.15, 0.2) is 36.5 Å². The molecule has 1 aromatic heterocycles. The van der Waals surface area contributed by atoms with E-state index in [0.29, 0.717) is 18.0 Å². The van der Waals surface area contributed by atoms with Gasteiger partial charge in [-0.1, -0.05) is 23.2 Å². The Kier molecular flexibility index (Phi) is 9.07. The number of thioether (sulfide) groups is 1. The molecule has 1 aromatic carbocycles. The quantitative estimate of drug-likeness (QED) is 0.604. The molecule has 0 bridgehead atoms. The van der Waals surface area contributed by atoms with Crippen LogP contribution < -0.4 is 15.5 Å². The van der Waals surface area contributed by atoms with E-state index in [1.54, 1.807) is 30.1 Å². The fourth-order valence-electron chi connectivity index (χ4n) is 2.54. The number of nitrogens with zero attached hydrogens (tertiary/aromatic N) is 2. The van der Waals surface area contributed by atoms with E-state index in [1.165, 1.54) is 6.07 Å². The summed E-state index contributed by atoms with van der Waals surface area (Å²) in [6.45, 7) is 0.343. The number of rotatable bonds is 9. The molecule has 0 aliphatic rings. The van der Waals surface area contributed by atoms with Crippen LogP contribution in [0.5, 0.6) is 0 Å². The minimum atomic E-state index is -0.670. The predicted octanol–water partition coefficient (Wildman–Crippen LogP) is 3.62. The minimum Gasteiger partial charge on any atom is -0.363 e. The number of benzene rings is 1. The molecule has 2 amide bonds. The van der Waals surface area contributed by atoms with Crippen LogP contribution in [0.25, 0.3) is 0 Å². The summed E-state index contributed by atoms with van der Waals surface area (Å²) in [4.78, 5) is 31.5. The van der Waals surface area contributed by atoms with Crippen molar-refractivity contribution >= 4 is 52.6 Å². The van der Waals surface area contributed by atoms with Gasteiger partial charge in [-0.05, 0) is 54.3 Å². The maximum atomic E-state index is 12.7. The van der Waals surface area contributed by atoms with E-state index in [2.05, 4.69) is 15.6 Å². The first-order valence-electron chi connectivity index (χ1n) is 8.96. The van der Waals surface area contributed by atoms with Gasteiger partial charge in [0.2, 0.25) is 5.91 Å². The van der Waals surface area contributed by atoms with Gasteiger partial charge in [-0.2, -0.15) is 11.8 Å². The molecule has 0 aliphatic heterocycles. The Hall–Kier alpha value is -1.96. The van der Waals surface area contributed by atoms with Gasteiger partial charge in [0.25, 0.3) is 5.91 Å². The Labute approximate surface area is 185 Å². The topological polar surface area (TPSA) is 74.3 Å². The lowest BCUT2D eigenvalue weighted by Crippen LogP contribution is -2.47. The molecule has 0 saturated heterocycles. The third-order valence-corrected chi connectivity index (χ3v) is 5.33. The lowest BCUT2D eigenvalue weighted by Gasteiger charge is -2.19. The summed E-state index contributed by atoms with van der Waals surface area (Å²) in [5, 5.41) is 6.36. The molecule has 0 radical (unpaired) electrons. The zero-order chi connectivity index (χ0) is 21.4. The number of carbonyl (C=O) groups is 2. The summed E-state index contributed by atoms with van der Waals surface area (Å²) in [6, 6.07) is 7.71. The summed E-state index contributed by atoms with van der Waals surface area (Å²) in [5.74, 6) is 0.876. The average Bonchev–Trinajstić information content (AvgIpc) is 2.69. The van der Waals surface area contributed by atoms with Crippen molar-refractivity contribution in [1.29, 1.82) is 0 Å². The van der Waals surface area contributed by atoms with Crippen molar-refractivity contribution < 1.29 is 9.59 Å². The van der Waals surface area contributed by atoms with Crippen LogP contribution in [0.2, 0.25) is 10.0 Å². The van der Waals surface area contributed by atoms with Crippen LogP contribution >= 0.6 is 35.0 Å². The molecule has 0 fully saturated rings. The van der Waals surface area contributed by atoms with Gasteiger partial charge in [-0.25, -0.2) is 4.98 Å². The van der Waals surface area contributed by atoms with Gasteiger partial charge >= 0.3 is 0 Å². The van der Waals surface area contributed by atoms with Crippen LogP contribution in [-0.4, -0.2) is 48.9 Å². The molecule has 0 aliphatic carbocycles. The van der Waals surface area contributed by atoms with Gasteiger partial charge in [0, 0.05) is 31.9 Å². The van der Waals surface area contributed by atoms with Crippen molar-refractivity contribution in [2.75, 3.05) is 31.0 Å². The van der Waals surface area contributed by atoms with Crippen molar-refractivity contribution in [3.63, 3.8) is 0 Å². The molecule has 0 saturated carbocycles. The van der Waals surface area contributed by atoms with Gasteiger partial charge in [-0.3, -0.25) is 9.59 Å². The first-order valence-corrected chi connectivity index (χ1v) is 11.1. The molecule has 1 atom stereocenters. The second-order valence-corrected chi connectivity index (χ2v) is 8.40. The largest absolute Gasteiger partial charge is 0.363 e. The molecule has 156 valence electrons. The van der Waals surface area contributed by atoms with E-state index >= 15 is 0 Å². The molecular formula is C20H24Cl2N4O2S. The second kappa shape index (κ2) is 11.3. The Morgan fingerprint density at radius 1 is 1.21 bits per heavy atom. The Morgan fingerprint density at radius 3 is 2.62 bits per heavy atom. The molecule has 2 N–H and O–H groups in total. The van der Waals surface area contributed by atoms with Gasteiger partial charge in [0.15, 0.2) is 0 Å². The summed E-state index contributed by atoms with van der Waals surface area (Å²) in [6.07, 6.45) is 4.15. The van der Waals surface area contributed by atoms with E-state index in [1.807, 2.05) is 37.4 Å². The molecule has 2 rings (SSSR count). The van der Waals surface area contributed by atoms with Crippen molar-refractivity contribution in [2.24, 2.45) is 0 Å². The molecule has 2 aromatic rings. The fourth-order valence-corrected chi connectivity index (χ4v) is 3.51. The molecule has 1 unspecified atom stereocenters. The fraction of sp³-hybridized carbons (Fsp3) is 0.350. The number of nitrogens with one attached hydrogen (secondary N) is 2. The van der Waals surface area contributed by atoms with Gasteiger partial charge in [0.05, 0.1) is 10.6 Å². The Bertz CT molecular complexity index is 864. The van der Waals surface area contributed by atoms with Gasteiger partial charge in [0.1, 0.15) is 11.9 Å². The molecule has 0 spiro atoms. The normalized spacial score (nSPS) is 11.6. The van der Waals surface area contributed by atoms with E-state index < -0.39 is 11.9 Å². The lowest BCUT2D eigenvalue weighted by molar-refractivity contribution is -0.123. The first-order chi connectivity index (χ1) is 13.8. The number of anilines is 1. The van der Waals surface area contributed by atoms with E-state index in [-0.39, 0.29) is 16.5 Å². The van der Waals surface area contributed by atoms with E-state index in [4.69, 9.17) is 23.2 Å². The molecule has 1 heterocycles. The zero-order valence-corrected chi connectivity index (χ0v) is 18.9. The van der Waals surface area contributed by atoms with E-state index in [0.717, 1.165) is 17.1 Å². The lowest BCUT2D eigenvalue weighted by atomic mass is 10.1. The van der Waals surface area contributed by atoms with E-state index in [9.17, 15) is 9.59 Å². The van der Waals surface area contributed by atoms with Crippen molar-refractivity contribution in [1.82, 2.24) is 15.6 Å². The highest BCUT2D eigenvalue weighted by molar-refractivity contribution is 7.98. The number of hydrogen-bond donors (Lipinski definition) is 2. The Balaban J connectivity index is 2.05. The minimum absolute atomic E-state index is 0.243. The van der Waals surface area contributed by atoms with Gasteiger partial charge in [-0.15, -0.1) is 0 Å². The van der Waals surface area contributed by atoms with Crippen molar-refractivity contribution in [3.05, 3.63) is 57.7 Å². The smallest absolute Gasteiger partial charge is 0.253 e. The average molecular weight is 455 g/mol. The standard InChI is InChI=1S/C20H24Cl2N4O2S/c1-26(2)18-10-13(6-8-23-18)12-24-20(28)17(7-9-29-3)25-19(27)15-5-4-14(21)11-16(15)22/h4-6,8,10-11,17H,7,9,12H2,1-3H3,(H,24,28)(H,25,27). The third-order valence-electron chi connectivity index (χ3n) is 4.14. The van der Waals surface area contributed by atoms with Crippen LogP contribution in [0.3, 0.4) is 0 Å². The molecule has 29 heavy (non-hydrogen) atoms. The number of halogens is 2. The van der Waals surface area contributed by atoms with Crippen LogP contribution in [0, 0.1) is 0 Å². The SMILES string of the molecule is CSCCC(NC(=O)c1ccc(Cl)cc1Cl)C(=O)NCc1ccnc(N(C)C)c1. The molecule has 6 nitrogen and oxygen atoms in total. The Morgan fingerprint density at radius 2 is 1.97 bits per heavy atom. The monoisotopic (exact) mass is 454 g/mol. The van der Waals surface area contributed by atoms with Crippen molar-refractivity contribution in [2.45, 2.75) is 19.0 Å². The first kappa shape index (κ1) is 23.3. The highest BCUT2D eigenvalue weighted by Gasteiger charge is 2.22. The summed E-state index contributed by atoms with van der Waals surface area (Å²) >= 11 is 13.6. The summed E-state index contributed by atoms with van der Waals surface area (Å²) in [5.41, 5.74) is 1.20. The van der Waals surface area contributed by atoms with Crippen LogP contribution in [0.1, 0.15) is 22.3 Å². The maximum Gasteiger partial charge on any atom is 0.253 e. The molecular weight excluding hydrogens is 431 g/mol. The number of aromatic nitrogens is 1.